The van der Waals surface area contributed by atoms with Crippen LogP contribution >= 0.6 is 12.4 Å². The zero-order valence-electron chi connectivity index (χ0n) is 8.87. The molecule has 1 aromatic rings. The zero-order chi connectivity index (χ0) is 12.1. The summed E-state index contributed by atoms with van der Waals surface area (Å²) in [6, 6.07) is 4.05. The second kappa shape index (κ2) is 6.70. The zero-order valence-corrected chi connectivity index (χ0v) is 9.68. The van der Waals surface area contributed by atoms with Crippen molar-refractivity contribution in [2.24, 2.45) is 5.73 Å². The van der Waals surface area contributed by atoms with Gasteiger partial charge in [-0.05, 0) is 18.2 Å². The largest absolute Gasteiger partial charge is 0.481 e. The fourth-order valence-electron chi connectivity index (χ4n) is 1.13. The molecule has 0 radical (unpaired) electrons. The Kier molecular flexibility index (Phi) is 5.98. The number of benzene rings is 1. The molecule has 0 spiro atoms. The standard InChI is InChI=1S/C10H12FN3O2.ClH/c11-7-5-6(10(12)13)1-2-8(7)14-4-3-9(15)16;/h1-2,5,14H,3-4H2,(H3,12,13)(H,15,16);1H. The molecular weight excluding hydrogens is 249 g/mol. The number of carbonyl (C=O) groups is 1. The second-order valence-corrected chi connectivity index (χ2v) is 3.18. The summed E-state index contributed by atoms with van der Waals surface area (Å²) in [4.78, 5) is 10.2. The topological polar surface area (TPSA) is 99.2 Å². The predicted octanol–water partition coefficient (Wildman–Crippen LogP) is 1.42. The van der Waals surface area contributed by atoms with Gasteiger partial charge in [0.05, 0.1) is 12.1 Å². The summed E-state index contributed by atoms with van der Waals surface area (Å²) in [6.07, 6.45) is -0.0894. The van der Waals surface area contributed by atoms with Gasteiger partial charge in [-0.1, -0.05) is 0 Å². The molecule has 0 saturated heterocycles. The van der Waals surface area contributed by atoms with Crippen LogP contribution in [0.5, 0.6) is 0 Å². The Morgan fingerprint density at radius 3 is 2.65 bits per heavy atom. The van der Waals surface area contributed by atoms with Crippen molar-refractivity contribution in [3.63, 3.8) is 0 Å². The van der Waals surface area contributed by atoms with Gasteiger partial charge in [-0.15, -0.1) is 12.4 Å². The Hall–Kier alpha value is -1.82. The van der Waals surface area contributed by atoms with Crippen molar-refractivity contribution in [1.82, 2.24) is 0 Å². The van der Waals surface area contributed by atoms with Gasteiger partial charge >= 0.3 is 5.97 Å². The third kappa shape index (κ3) is 4.69. The number of aliphatic carboxylic acids is 1. The van der Waals surface area contributed by atoms with Crippen molar-refractivity contribution in [2.75, 3.05) is 11.9 Å². The summed E-state index contributed by atoms with van der Waals surface area (Å²) in [6.45, 7) is 0.145. The van der Waals surface area contributed by atoms with E-state index in [9.17, 15) is 9.18 Å². The SMILES string of the molecule is Cl.N=C(N)c1ccc(NCCC(=O)O)c(F)c1. The van der Waals surface area contributed by atoms with Gasteiger partial charge in [0.1, 0.15) is 11.7 Å². The monoisotopic (exact) mass is 261 g/mol. The number of carboxylic acids is 1. The maximum atomic E-state index is 13.4. The van der Waals surface area contributed by atoms with Gasteiger partial charge < -0.3 is 16.2 Å². The molecule has 5 nitrogen and oxygen atoms in total. The summed E-state index contributed by atoms with van der Waals surface area (Å²) in [5.41, 5.74) is 5.68. The molecule has 0 unspecified atom stereocenters. The van der Waals surface area contributed by atoms with Crippen LogP contribution in [0, 0.1) is 11.2 Å². The molecule has 1 aromatic carbocycles. The van der Waals surface area contributed by atoms with E-state index in [1.165, 1.54) is 12.1 Å². The fourth-order valence-corrected chi connectivity index (χ4v) is 1.13. The molecule has 0 amide bonds. The summed E-state index contributed by atoms with van der Waals surface area (Å²) in [7, 11) is 0. The van der Waals surface area contributed by atoms with Crippen molar-refractivity contribution in [3.8, 4) is 0 Å². The highest BCUT2D eigenvalue weighted by molar-refractivity contribution is 5.95. The highest BCUT2D eigenvalue weighted by Crippen LogP contribution is 2.15. The molecule has 94 valence electrons. The molecule has 5 N–H and O–H groups in total. The molecule has 0 aliphatic heterocycles. The van der Waals surface area contributed by atoms with Crippen molar-refractivity contribution in [2.45, 2.75) is 6.42 Å². The van der Waals surface area contributed by atoms with Crippen LogP contribution in [0.2, 0.25) is 0 Å². The minimum absolute atomic E-state index is 0. The molecule has 0 heterocycles. The second-order valence-electron chi connectivity index (χ2n) is 3.18. The van der Waals surface area contributed by atoms with Crippen molar-refractivity contribution in [1.29, 1.82) is 5.41 Å². The quantitative estimate of drug-likeness (QED) is 0.476. The third-order valence-corrected chi connectivity index (χ3v) is 1.93. The van der Waals surface area contributed by atoms with Gasteiger partial charge in [0, 0.05) is 12.1 Å². The lowest BCUT2D eigenvalue weighted by Crippen LogP contribution is -2.12. The maximum absolute atomic E-state index is 13.4. The normalized spacial score (nSPS) is 9.24. The Labute approximate surface area is 104 Å². The first-order valence-electron chi connectivity index (χ1n) is 4.60. The molecule has 0 aromatic heterocycles. The minimum Gasteiger partial charge on any atom is -0.481 e. The van der Waals surface area contributed by atoms with E-state index < -0.39 is 11.8 Å². The highest BCUT2D eigenvalue weighted by Gasteiger charge is 2.05. The Morgan fingerprint density at radius 2 is 2.18 bits per heavy atom. The molecule has 17 heavy (non-hydrogen) atoms. The van der Waals surface area contributed by atoms with Crippen LogP contribution in [0.15, 0.2) is 18.2 Å². The summed E-state index contributed by atoms with van der Waals surface area (Å²) >= 11 is 0. The molecule has 0 saturated carbocycles. The Morgan fingerprint density at radius 1 is 1.53 bits per heavy atom. The third-order valence-electron chi connectivity index (χ3n) is 1.93. The number of amidine groups is 1. The van der Waals surface area contributed by atoms with Crippen LogP contribution < -0.4 is 11.1 Å². The first-order valence-corrected chi connectivity index (χ1v) is 4.60. The molecule has 0 atom stereocenters. The van der Waals surface area contributed by atoms with Gasteiger partial charge in [0.25, 0.3) is 0 Å². The molecule has 0 aliphatic rings. The van der Waals surface area contributed by atoms with Crippen LogP contribution in [0.4, 0.5) is 10.1 Å². The average Bonchev–Trinajstić information content (AvgIpc) is 2.19. The van der Waals surface area contributed by atoms with E-state index in [2.05, 4.69) is 5.32 Å². The first-order chi connectivity index (χ1) is 7.50. The smallest absolute Gasteiger partial charge is 0.305 e. The number of hydrogen-bond acceptors (Lipinski definition) is 3. The molecule has 0 bridgehead atoms. The van der Waals surface area contributed by atoms with Crippen LogP contribution in [0.25, 0.3) is 0 Å². The number of rotatable bonds is 5. The fraction of sp³-hybridized carbons (Fsp3) is 0.200. The van der Waals surface area contributed by atoms with E-state index in [4.69, 9.17) is 16.2 Å². The van der Waals surface area contributed by atoms with E-state index in [1.807, 2.05) is 0 Å². The van der Waals surface area contributed by atoms with E-state index >= 15 is 0 Å². The van der Waals surface area contributed by atoms with Gasteiger partial charge in [0.15, 0.2) is 0 Å². The van der Waals surface area contributed by atoms with Gasteiger partial charge in [-0.2, -0.15) is 0 Å². The summed E-state index contributed by atoms with van der Waals surface area (Å²) in [5.74, 6) is -1.72. The van der Waals surface area contributed by atoms with Gasteiger partial charge in [-0.25, -0.2) is 4.39 Å². The van der Waals surface area contributed by atoms with Crippen LogP contribution in [-0.2, 0) is 4.79 Å². The van der Waals surface area contributed by atoms with E-state index in [0.29, 0.717) is 5.56 Å². The van der Waals surface area contributed by atoms with Crippen LogP contribution in [-0.4, -0.2) is 23.5 Å². The number of hydrogen-bond donors (Lipinski definition) is 4. The van der Waals surface area contributed by atoms with Crippen LogP contribution in [0.1, 0.15) is 12.0 Å². The van der Waals surface area contributed by atoms with Crippen molar-refractivity contribution < 1.29 is 14.3 Å². The Balaban J connectivity index is 0.00000256. The number of halogens is 2. The predicted molar refractivity (Wildman–Crippen MR) is 65.4 cm³/mol. The Bertz CT molecular complexity index is 426. The maximum Gasteiger partial charge on any atom is 0.305 e. The molecule has 7 heteroatoms. The van der Waals surface area contributed by atoms with E-state index in [1.54, 1.807) is 0 Å². The van der Waals surface area contributed by atoms with E-state index in [-0.39, 0.29) is 36.9 Å². The van der Waals surface area contributed by atoms with Crippen molar-refractivity contribution >= 4 is 29.9 Å². The van der Waals surface area contributed by atoms with E-state index in [0.717, 1.165) is 6.07 Å². The molecule has 0 fully saturated rings. The average molecular weight is 262 g/mol. The number of nitrogen functional groups attached to an aromatic ring is 1. The van der Waals surface area contributed by atoms with Gasteiger partial charge in [-0.3, -0.25) is 10.2 Å². The molecular formula is C10H13ClFN3O2. The lowest BCUT2D eigenvalue weighted by atomic mass is 10.2. The van der Waals surface area contributed by atoms with Gasteiger partial charge in [0.2, 0.25) is 0 Å². The number of nitrogens with two attached hydrogens (primary N) is 1. The summed E-state index contributed by atoms with van der Waals surface area (Å²) < 4.78 is 13.4. The minimum atomic E-state index is -0.951. The highest BCUT2D eigenvalue weighted by atomic mass is 35.5. The molecule has 0 aliphatic carbocycles. The lowest BCUT2D eigenvalue weighted by Gasteiger charge is -2.07. The first kappa shape index (κ1) is 15.2. The number of nitrogens with one attached hydrogen (secondary N) is 2. The lowest BCUT2D eigenvalue weighted by molar-refractivity contribution is -0.136. The van der Waals surface area contributed by atoms with Crippen molar-refractivity contribution in [3.05, 3.63) is 29.6 Å². The number of carboxylic acid groups (broad SMARTS) is 1. The molecule has 1 rings (SSSR count). The number of anilines is 1. The van der Waals surface area contributed by atoms with Crippen LogP contribution in [0.3, 0.4) is 0 Å². The summed E-state index contributed by atoms with van der Waals surface area (Å²) in [5, 5.41) is 18.2.